The van der Waals surface area contributed by atoms with Crippen molar-refractivity contribution in [2.75, 3.05) is 20.8 Å². The van der Waals surface area contributed by atoms with Crippen molar-refractivity contribution in [2.24, 2.45) is 5.16 Å². The molecular formula is C27H30F5NO6. The molecule has 0 aromatic heterocycles. The molecule has 214 valence electrons. The Hall–Kier alpha value is -3.06. The van der Waals surface area contributed by atoms with Crippen molar-refractivity contribution in [3.8, 4) is 5.75 Å². The van der Waals surface area contributed by atoms with E-state index in [1.807, 2.05) is 26.0 Å². The van der Waals surface area contributed by atoms with E-state index in [4.69, 9.17) is 23.8 Å². The van der Waals surface area contributed by atoms with Gasteiger partial charge in [0.1, 0.15) is 18.0 Å². The summed E-state index contributed by atoms with van der Waals surface area (Å²) < 4.78 is 89.4. The van der Waals surface area contributed by atoms with E-state index < -0.39 is 36.5 Å². The lowest BCUT2D eigenvalue weighted by Gasteiger charge is -2.42. The highest BCUT2D eigenvalue weighted by Crippen LogP contribution is 2.37. The average molecular weight is 560 g/mol. The Morgan fingerprint density at radius 2 is 1.36 bits per heavy atom. The molecule has 2 aromatic carbocycles. The van der Waals surface area contributed by atoms with Crippen molar-refractivity contribution < 1.29 is 50.5 Å². The normalized spacial score (nSPS) is 24.4. The van der Waals surface area contributed by atoms with Crippen LogP contribution < -0.4 is 4.74 Å². The largest absolute Gasteiger partial charge is 0.499 e. The number of methoxy groups -OCH3 is 2. The van der Waals surface area contributed by atoms with Gasteiger partial charge in [0.25, 0.3) is 6.29 Å². The minimum Gasteiger partial charge on any atom is -0.426 e. The highest BCUT2D eigenvalue weighted by atomic mass is 19.4. The van der Waals surface area contributed by atoms with Gasteiger partial charge >= 0.3 is 12.3 Å². The monoisotopic (exact) mass is 559 g/mol. The maximum Gasteiger partial charge on any atom is 0.499 e. The van der Waals surface area contributed by atoms with Crippen LogP contribution in [-0.2, 0) is 23.8 Å². The van der Waals surface area contributed by atoms with Crippen LogP contribution in [0.3, 0.4) is 0 Å². The van der Waals surface area contributed by atoms with Crippen LogP contribution in [0.5, 0.6) is 5.75 Å². The summed E-state index contributed by atoms with van der Waals surface area (Å²) in [7, 11) is 3.11. The van der Waals surface area contributed by atoms with E-state index in [9.17, 15) is 22.0 Å². The van der Waals surface area contributed by atoms with Crippen LogP contribution in [0.25, 0.3) is 12.2 Å². The summed E-state index contributed by atoms with van der Waals surface area (Å²) >= 11 is 0. The Balaban J connectivity index is 1.57. The predicted molar refractivity (Wildman–Crippen MR) is 133 cm³/mol. The van der Waals surface area contributed by atoms with Crippen LogP contribution in [0.4, 0.5) is 22.0 Å². The summed E-state index contributed by atoms with van der Waals surface area (Å²) in [5.74, 6) is -0.600. The van der Waals surface area contributed by atoms with Crippen molar-refractivity contribution in [1.82, 2.24) is 0 Å². The smallest absolute Gasteiger partial charge is 0.426 e. The van der Waals surface area contributed by atoms with Crippen molar-refractivity contribution in [2.45, 2.75) is 56.8 Å². The molecule has 3 rings (SSSR count). The molecule has 1 fully saturated rings. The molecule has 39 heavy (non-hydrogen) atoms. The average Bonchev–Trinajstić information content (AvgIpc) is 2.88. The van der Waals surface area contributed by atoms with E-state index in [1.54, 1.807) is 31.4 Å². The Bertz CT molecular complexity index is 1090. The van der Waals surface area contributed by atoms with Crippen molar-refractivity contribution in [3.05, 3.63) is 65.2 Å². The zero-order valence-electron chi connectivity index (χ0n) is 21.7. The number of benzene rings is 2. The quantitative estimate of drug-likeness (QED) is 0.147. The van der Waals surface area contributed by atoms with Crippen LogP contribution in [0.1, 0.15) is 30.5 Å². The number of hydrogen-bond donors (Lipinski definition) is 0. The van der Waals surface area contributed by atoms with E-state index >= 15 is 0 Å². The Morgan fingerprint density at radius 3 is 1.87 bits per heavy atom. The number of alkyl halides is 5. The van der Waals surface area contributed by atoms with Gasteiger partial charge in [0.15, 0.2) is 6.10 Å². The van der Waals surface area contributed by atoms with Gasteiger partial charge in [-0.15, -0.1) is 0 Å². The second-order valence-corrected chi connectivity index (χ2v) is 8.56. The first-order valence-electron chi connectivity index (χ1n) is 12.0. The molecule has 0 unspecified atom stereocenters. The van der Waals surface area contributed by atoms with Gasteiger partial charge in [-0.2, -0.15) is 22.0 Å². The molecule has 2 aromatic rings. The third-order valence-corrected chi connectivity index (χ3v) is 5.86. The lowest BCUT2D eigenvalue weighted by atomic mass is 9.99. The number of rotatable bonds is 11. The molecule has 0 radical (unpaired) electrons. The zero-order valence-corrected chi connectivity index (χ0v) is 21.7. The van der Waals surface area contributed by atoms with Crippen LogP contribution in [-0.4, -0.2) is 70.0 Å². The van der Waals surface area contributed by atoms with E-state index in [0.29, 0.717) is 12.2 Å². The van der Waals surface area contributed by atoms with Crippen molar-refractivity contribution in [3.63, 3.8) is 0 Å². The fraction of sp³-hybridized carbons (Fsp3) is 0.444. The third kappa shape index (κ3) is 7.98. The SMILES string of the molecule is CCO[C@@H]1[C@@H](OC)[C@H](C)O[C@@H](ON=Cc2ccc(/C=C/c3ccc(OC(F)(F)C(F)(F)F)cc3)cc2)[C@@H]1OC. The number of halogens is 5. The Labute approximate surface area is 223 Å². The third-order valence-electron chi connectivity index (χ3n) is 5.86. The molecule has 0 saturated carbocycles. The van der Waals surface area contributed by atoms with Gasteiger partial charge in [0, 0.05) is 20.8 Å². The predicted octanol–water partition coefficient (Wildman–Crippen LogP) is 5.92. The fourth-order valence-electron chi connectivity index (χ4n) is 3.90. The highest BCUT2D eigenvalue weighted by Gasteiger charge is 2.61. The molecule has 1 saturated heterocycles. The van der Waals surface area contributed by atoms with Crippen LogP contribution in [0.2, 0.25) is 0 Å². The maximum absolute atomic E-state index is 13.0. The number of nitrogens with zero attached hydrogens (tertiary/aromatic N) is 1. The summed E-state index contributed by atoms with van der Waals surface area (Å²) in [6, 6.07) is 12.0. The molecule has 0 bridgehead atoms. The number of ether oxygens (including phenoxy) is 5. The van der Waals surface area contributed by atoms with E-state index in [-0.39, 0.29) is 12.2 Å². The molecule has 12 heteroatoms. The zero-order chi connectivity index (χ0) is 28.6. The molecule has 1 aliphatic heterocycles. The van der Waals surface area contributed by atoms with Gasteiger partial charge in [0.05, 0.1) is 12.3 Å². The number of hydrogen-bond acceptors (Lipinski definition) is 7. The molecular weight excluding hydrogens is 529 g/mol. The summed E-state index contributed by atoms with van der Waals surface area (Å²) in [6.45, 7) is 4.20. The topological polar surface area (TPSA) is 67.7 Å². The van der Waals surface area contributed by atoms with E-state index in [1.165, 1.54) is 25.5 Å². The lowest BCUT2D eigenvalue weighted by Crippen LogP contribution is -2.59. The van der Waals surface area contributed by atoms with E-state index in [0.717, 1.165) is 23.3 Å². The summed E-state index contributed by atoms with van der Waals surface area (Å²) in [5.41, 5.74) is 2.13. The molecule has 1 aliphatic rings. The van der Waals surface area contributed by atoms with E-state index in [2.05, 4.69) is 9.89 Å². The van der Waals surface area contributed by atoms with Crippen LogP contribution in [0, 0.1) is 0 Å². The van der Waals surface area contributed by atoms with Gasteiger partial charge in [-0.25, -0.2) is 0 Å². The standard InChI is InChI=1S/C27H30F5NO6/c1-5-36-23-22(34-3)17(2)37-25(24(23)35-4)39-33-16-20-10-8-18(9-11-20)6-7-19-12-14-21(15-13-19)38-27(31,32)26(28,29)30/h6-17,22-25H,5H2,1-4H3/b7-6+,33-16?/t17-,22-,23+,24+,25-/m0/s1. The number of oxime groups is 1. The fourth-order valence-corrected chi connectivity index (χ4v) is 3.90. The first kappa shape index (κ1) is 30.5. The van der Waals surface area contributed by atoms with Gasteiger partial charge < -0.3 is 28.5 Å². The molecule has 0 spiro atoms. The van der Waals surface area contributed by atoms with Crippen molar-refractivity contribution >= 4 is 18.4 Å². The Morgan fingerprint density at radius 1 is 0.821 bits per heavy atom. The van der Waals surface area contributed by atoms with Crippen LogP contribution in [0.15, 0.2) is 53.7 Å². The molecule has 1 heterocycles. The summed E-state index contributed by atoms with van der Waals surface area (Å²) in [6.07, 6.45) is -8.54. The molecule has 0 amide bonds. The first-order valence-corrected chi connectivity index (χ1v) is 12.0. The molecule has 5 atom stereocenters. The molecule has 7 nitrogen and oxygen atoms in total. The van der Waals surface area contributed by atoms with Crippen molar-refractivity contribution in [1.29, 1.82) is 0 Å². The highest BCUT2D eigenvalue weighted by molar-refractivity contribution is 5.80. The van der Waals surface area contributed by atoms with Gasteiger partial charge in [0.2, 0.25) is 0 Å². The molecule has 0 N–H and O–H groups in total. The first-order chi connectivity index (χ1) is 18.5. The summed E-state index contributed by atoms with van der Waals surface area (Å²) in [5, 5.41) is 4.04. The second-order valence-electron chi connectivity index (χ2n) is 8.56. The van der Waals surface area contributed by atoms with Gasteiger partial charge in [-0.05, 0) is 42.7 Å². The van der Waals surface area contributed by atoms with Gasteiger partial charge in [-0.3, -0.25) is 0 Å². The lowest BCUT2D eigenvalue weighted by molar-refractivity contribution is -0.360. The Kier molecular flexibility index (Phi) is 10.4. The summed E-state index contributed by atoms with van der Waals surface area (Å²) in [4.78, 5) is 5.58. The second kappa shape index (κ2) is 13.3. The minimum absolute atomic E-state index is 0.311. The van der Waals surface area contributed by atoms with Gasteiger partial charge in [-0.1, -0.05) is 53.7 Å². The minimum atomic E-state index is -5.80. The molecule has 0 aliphatic carbocycles. The van der Waals surface area contributed by atoms with Crippen LogP contribution >= 0.6 is 0 Å². The maximum atomic E-state index is 13.0.